The molecule has 4 aromatic rings. The zero-order valence-corrected chi connectivity index (χ0v) is 25.9. The fourth-order valence-corrected chi connectivity index (χ4v) is 4.03. The molecule has 1 aromatic heterocycles. The smallest absolute Gasteiger partial charge is 0.416 e. The summed E-state index contributed by atoms with van der Waals surface area (Å²) in [4.78, 5) is 23.5. The minimum absolute atomic E-state index is 0.109. The molecule has 226 valence electrons. The molecule has 0 saturated heterocycles. The first-order chi connectivity index (χ1) is 19.9. The highest BCUT2D eigenvalue weighted by Gasteiger charge is 2.29. The summed E-state index contributed by atoms with van der Waals surface area (Å²) in [7, 11) is 0. The molecular weight excluding hydrogens is 588 g/mol. The van der Waals surface area contributed by atoms with E-state index in [0.717, 1.165) is 24.1 Å². The van der Waals surface area contributed by atoms with Crippen molar-refractivity contribution in [2.24, 2.45) is 0 Å². The monoisotopic (exact) mass is 622 g/mol. The highest BCUT2D eigenvalue weighted by atomic mass is 35.5. The Kier molecular flexibility index (Phi) is 15.0. The molecule has 3 aromatic carbocycles. The van der Waals surface area contributed by atoms with E-state index in [1.165, 1.54) is 23.7 Å². The van der Waals surface area contributed by atoms with Crippen LogP contribution in [0.4, 0.5) is 13.2 Å². The van der Waals surface area contributed by atoms with Gasteiger partial charge in [-0.3, -0.25) is 9.59 Å². The summed E-state index contributed by atoms with van der Waals surface area (Å²) in [6, 6.07) is 19.1. The Balaban J connectivity index is 0.000000462. The van der Waals surface area contributed by atoms with Crippen LogP contribution < -0.4 is 0 Å². The normalized spacial score (nSPS) is 10.3. The molecule has 42 heavy (non-hydrogen) atoms. The molecule has 0 aliphatic carbocycles. The molecule has 0 aliphatic rings. The number of Topliss-reactive ketones (excluding diaryl/α,β-unsaturated/α-hetero) is 1. The van der Waals surface area contributed by atoms with Gasteiger partial charge in [0.1, 0.15) is 5.69 Å². The molecule has 4 rings (SSSR count). The Labute approximate surface area is 254 Å². The van der Waals surface area contributed by atoms with Gasteiger partial charge >= 0.3 is 12.1 Å². The zero-order chi connectivity index (χ0) is 32.0. The maximum Gasteiger partial charge on any atom is 0.416 e. The van der Waals surface area contributed by atoms with Crippen LogP contribution >= 0.6 is 23.2 Å². The van der Waals surface area contributed by atoms with E-state index < -0.39 is 17.7 Å². The minimum atomic E-state index is -4.22. The molecule has 0 spiro atoms. The maximum atomic E-state index is 12.1. The number of alkyl halides is 3. The van der Waals surface area contributed by atoms with Crippen molar-refractivity contribution in [3.8, 4) is 16.9 Å². The van der Waals surface area contributed by atoms with Crippen LogP contribution in [0.2, 0.25) is 10.0 Å². The van der Waals surface area contributed by atoms with Gasteiger partial charge in [0.15, 0.2) is 5.78 Å². The van der Waals surface area contributed by atoms with Crippen molar-refractivity contribution >= 4 is 35.0 Å². The van der Waals surface area contributed by atoms with Crippen LogP contribution in [-0.2, 0) is 23.8 Å². The van der Waals surface area contributed by atoms with Crippen molar-refractivity contribution in [1.29, 1.82) is 0 Å². The third-order valence-corrected chi connectivity index (χ3v) is 6.10. The first-order valence-corrected chi connectivity index (χ1v) is 14.2. The highest BCUT2D eigenvalue weighted by Crippen LogP contribution is 2.33. The first-order valence-electron chi connectivity index (χ1n) is 13.4. The van der Waals surface area contributed by atoms with Crippen molar-refractivity contribution in [3.05, 3.63) is 105 Å². The summed E-state index contributed by atoms with van der Waals surface area (Å²) >= 11 is 12.3. The van der Waals surface area contributed by atoms with Crippen molar-refractivity contribution in [2.75, 3.05) is 0 Å². The summed E-state index contributed by atoms with van der Waals surface area (Å²) in [5.41, 5.74) is 2.53. The van der Waals surface area contributed by atoms with Crippen LogP contribution in [0, 0.1) is 0 Å². The molecule has 0 amide bonds. The van der Waals surface area contributed by atoms with Crippen molar-refractivity contribution in [3.63, 3.8) is 0 Å². The Bertz CT molecular complexity index is 1430. The molecular formula is C32H35Cl2F3N2O3. The number of halogens is 5. The fraction of sp³-hybridized carbons (Fsp3) is 0.281. The van der Waals surface area contributed by atoms with Crippen LogP contribution in [0.5, 0.6) is 0 Å². The van der Waals surface area contributed by atoms with E-state index in [-0.39, 0.29) is 17.9 Å². The van der Waals surface area contributed by atoms with E-state index in [4.69, 9.17) is 23.2 Å². The molecule has 10 heteroatoms. The number of rotatable bonds is 6. The Morgan fingerprint density at radius 3 is 1.88 bits per heavy atom. The minimum Gasteiger partial charge on any atom is -0.481 e. The van der Waals surface area contributed by atoms with E-state index in [1.807, 2.05) is 34.6 Å². The van der Waals surface area contributed by atoms with E-state index >= 15 is 0 Å². The second-order valence-electron chi connectivity index (χ2n) is 8.22. The van der Waals surface area contributed by atoms with E-state index in [1.54, 1.807) is 48.5 Å². The molecule has 0 saturated carbocycles. The van der Waals surface area contributed by atoms with E-state index in [9.17, 15) is 27.9 Å². The molecule has 0 aliphatic heterocycles. The number of para-hydroxylation sites is 1. The summed E-state index contributed by atoms with van der Waals surface area (Å²) < 4.78 is 37.6. The van der Waals surface area contributed by atoms with Gasteiger partial charge in [-0.15, -0.1) is 0 Å². The second kappa shape index (κ2) is 17.4. The average Bonchev–Trinajstić information content (AvgIpc) is 3.34. The van der Waals surface area contributed by atoms with Crippen LogP contribution in [0.25, 0.3) is 16.9 Å². The second-order valence-corrected chi connectivity index (χ2v) is 9.06. The number of carboxylic acid groups (broad SMARTS) is 1. The largest absolute Gasteiger partial charge is 0.481 e. The number of aromatic nitrogens is 2. The van der Waals surface area contributed by atoms with Gasteiger partial charge in [0.2, 0.25) is 0 Å². The highest BCUT2D eigenvalue weighted by molar-refractivity contribution is 6.32. The number of hydrogen-bond donors (Lipinski definition) is 1. The number of aryl methyl sites for hydroxylation is 1. The van der Waals surface area contributed by atoms with Gasteiger partial charge < -0.3 is 5.11 Å². The Morgan fingerprint density at radius 1 is 0.881 bits per heavy atom. The van der Waals surface area contributed by atoms with Gasteiger partial charge in [-0.25, -0.2) is 4.68 Å². The van der Waals surface area contributed by atoms with Gasteiger partial charge in [0.05, 0.1) is 28.4 Å². The number of ketones is 1. The third kappa shape index (κ3) is 10.0. The zero-order valence-electron chi connectivity index (χ0n) is 24.4. The quantitative estimate of drug-likeness (QED) is 0.217. The molecule has 0 bridgehead atoms. The van der Waals surface area contributed by atoms with Crippen molar-refractivity contribution < 1.29 is 27.9 Å². The summed E-state index contributed by atoms with van der Waals surface area (Å²) in [6.07, 6.45) is -3.79. The molecule has 1 heterocycles. The summed E-state index contributed by atoms with van der Waals surface area (Å²) in [5, 5.41) is 14.7. The Hall–Kier alpha value is -3.62. The van der Waals surface area contributed by atoms with Gasteiger partial charge in [-0.1, -0.05) is 94.2 Å². The van der Waals surface area contributed by atoms with Crippen LogP contribution in [0.15, 0.2) is 72.8 Å². The van der Waals surface area contributed by atoms with Crippen molar-refractivity contribution in [2.45, 2.75) is 60.6 Å². The number of nitrogens with zero attached hydrogens (tertiary/aromatic N) is 2. The Morgan fingerprint density at radius 2 is 1.43 bits per heavy atom. The number of aliphatic carboxylic acids is 1. The van der Waals surface area contributed by atoms with E-state index in [0.29, 0.717) is 32.6 Å². The van der Waals surface area contributed by atoms with Gasteiger partial charge in [0, 0.05) is 23.1 Å². The standard InChI is InChI=1S/C19H14Cl2N2O3.C9H9F3.2C2H6/c1-11(24)18-14(10-17(25)26)19(12-6-8-13(20)9-7-12)23(22-18)16-5-3-2-4-15(16)21;1-2-7-3-5-8(6-4-7)9(10,11)12;2*1-2/h2-9H,10H2,1H3,(H,25,26);3-6H,2H2,1H3;2*1-2H3. The van der Waals surface area contributed by atoms with E-state index in [2.05, 4.69) is 5.10 Å². The van der Waals surface area contributed by atoms with Crippen LogP contribution in [0.1, 0.15) is 68.7 Å². The maximum absolute atomic E-state index is 12.1. The van der Waals surface area contributed by atoms with Crippen LogP contribution in [-0.4, -0.2) is 26.6 Å². The molecule has 0 radical (unpaired) electrons. The number of carboxylic acids is 1. The van der Waals surface area contributed by atoms with Gasteiger partial charge in [-0.2, -0.15) is 18.3 Å². The van der Waals surface area contributed by atoms with Crippen LogP contribution in [0.3, 0.4) is 0 Å². The SMILES string of the molecule is CC.CC.CC(=O)c1nn(-c2ccccc2Cl)c(-c2ccc(Cl)cc2)c1CC(=O)O.CCc1ccc(C(F)(F)F)cc1. The number of carbonyl (C=O) groups excluding carboxylic acids is 1. The summed E-state index contributed by atoms with van der Waals surface area (Å²) in [5.74, 6) is -1.37. The van der Waals surface area contributed by atoms with Crippen molar-refractivity contribution in [1.82, 2.24) is 9.78 Å². The average molecular weight is 624 g/mol. The first kappa shape index (κ1) is 36.4. The van der Waals surface area contributed by atoms with Gasteiger partial charge in [0.25, 0.3) is 0 Å². The predicted molar refractivity (Wildman–Crippen MR) is 164 cm³/mol. The third-order valence-electron chi connectivity index (χ3n) is 5.53. The summed E-state index contributed by atoms with van der Waals surface area (Å²) in [6.45, 7) is 11.3. The lowest BCUT2D eigenvalue weighted by Gasteiger charge is -2.11. The topological polar surface area (TPSA) is 72.2 Å². The molecule has 5 nitrogen and oxygen atoms in total. The number of benzene rings is 3. The lowest BCUT2D eigenvalue weighted by Crippen LogP contribution is -2.06. The molecule has 1 N–H and O–H groups in total. The lowest BCUT2D eigenvalue weighted by atomic mass is 10.0. The predicted octanol–water partition coefficient (Wildman–Crippen LogP) is 10.00. The number of hydrogen-bond acceptors (Lipinski definition) is 3. The van der Waals surface area contributed by atoms with Gasteiger partial charge in [-0.05, 0) is 48.4 Å². The molecule has 0 fully saturated rings. The lowest BCUT2D eigenvalue weighted by molar-refractivity contribution is -0.138. The molecule has 0 atom stereocenters. The molecule has 0 unspecified atom stereocenters. The fourth-order valence-electron chi connectivity index (χ4n) is 3.68. The number of carbonyl (C=O) groups is 2.